The summed E-state index contributed by atoms with van der Waals surface area (Å²) in [6.45, 7) is 4.16. The van der Waals surface area contributed by atoms with Gasteiger partial charge in [0.25, 0.3) is 0 Å². The third kappa shape index (κ3) is 1.55. The van der Waals surface area contributed by atoms with Crippen molar-refractivity contribution >= 4 is 28.6 Å². The van der Waals surface area contributed by atoms with Crippen LogP contribution < -0.4 is 0 Å². The van der Waals surface area contributed by atoms with Gasteiger partial charge in [0.2, 0.25) is 0 Å². The minimum Gasteiger partial charge on any atom is -0.143 e. The van der Waals surface area contributed by atoms with Crippen LogP contribution in [0.15, 0.2) is 21.5 Å². The highest BCUT2D eigenvalue weighted by Gasteiger charge is 1.97. The average molecular weight is 217 g/mol. The predicted octanol–water partition coefficient (Wildman–Crippen LogP) is 3.35. The molecule has 0 atom stereocenters. The summed E-state index contributed by atoms with van der Waals surface area (Å²) < 4.78 is 1.10. The van der Waals surface area contributed by atoms with Gasteiger partial charge in [-0.25, -0.2) is 0 Å². The lowest BCUT2D eigenvalue weighted by atomic mass is 10.1. The summed E-state index contributed by atoms with van der Waals surface area (Å²) in [7, 11) is 0. The van der Waals surface area contributed by atoms with Gasteiger partial charge in [-0.2, -0.15) is 0 Å². The van der Waals surface area contributed by atoms with Crippen LogP contribution in [0.2, 0.25) is 0 Å². The summed E-state index contributed by atoms with van der Waals surface area (Å²) in [5.41, 5.74) is 2.53. The molecule has 0 aliphatic carbocycles. The van der Waals surface area contributed by atoms with Gasteiger partial charge in [-0.05, 0) is 37.1 Å². The average Bonchev–Trinajstić information content (AvgIpc) is 1.82. The molecule has 0 aromatic heterocycles. The highest BCUT2D eigenvalue weighted by Crippen LogP contribution is 2.22. The van der Waals surface area contributed by atoms with Crippen LogP contribution in [0, 0.1) is 13.8 Å². The Kier molecular flexibility index (Phi) is 2.42. The van der Waals surface area contributed by atoms with E-state index in [9.17, 15) is 0 Å². The SMILES string of the molecule is Cc1cc(Br)cc(S)c1C. The molecule has 0 aliphatic heterocycles. The molecular formula is C8H9BrS. The predicted molar refractivity (Wildman–Crippen MR) is 50.9 cm³/mol. The number of halogens is 1. The molecule has 0 saturated carbocycles. The molecule has 0 bridgehead atoms. The molecule has 0 amide bonds. The van der Waals surface area contributed by atoms with Crippen molar-refractivity contribution in [2.45, 2.75) is 18.7 Å². The van der Waals surface area contributed by atoms with E-state index in [1.165, 1.54) is 11.1 Å². The van der Waals surface area contributed by atoms with E-state index in [4.69, 9.17) is 0 Å². The molecule has 0 aliphatic rings. The normalized spacial score (nSPS) is 10.0. The minimum absolute atomic E-state index is 1.05. The van der Waals surface area contributed by atoms with E-state index in [1.54, 1.807) is 0 Å². The number of aryl methyl sites for hydroxylation is 1. The van der Waals surface area contributed by atoms with Crippen molar-refractivity contribution in [1.82, 2.24) is 0 Å². The van der Waals surface area contributed by atoms with Crippen molar-refractivity contribution in [2.24, 2.45) is 0 Å². The van der Waals surface area contributed by atoms with Gasteiger partial charge in [-0.3, -0.25) is 0 Å². The van der Waals surface area contributed by atoms with Crippen LogP contribution in [0.5, 0.6) is 0 Å². The molecule has 54 valence electrons. The smallest absolute Gasteiger partial charge is 0.0189 e. The van der Waals surface area contributed by atoms with Gasteiger partial charge >= 0.3 is 0 Å². The van der Waals surface area contributed by atoms with Crippen LogP contribution in [0.25, 0.3) is 0 Å². The number of rotatable bonds is 0. The van der Waals surface area contributed by atoms with Crippen LogP contribution in [-0.2, 0) is 0 Å². The van der Waals surface area contributed by atoms with Crippen molar-refractivity contribution in [2.75, 3.05) is 0 Å². The van der Waals surface area contributed by atoms with E-state index >= 15 is 0 Å². The molecule has 2 heteroatoms. The zero-order chi connectivity index (χ0) is 7.72. The summed E-state index contributed by atoms with van der Waals surface area (Å²) in [6.07, 6.45) is 0. The quantitative estimate of drug-likeness (QED) is 0.633. The lowest BCUT2D eigenvalue weighted by molar-refractivity contribution is 1.22. The highest BCUT2D eigenvalue weighted by atomic mass is 79.9. The monoisotopic (exact) mass is 216 g/mol. The molecule has 0 N–H and O–H groups in total. The number of hydrogen-bond donors (Lipinski definition) is 1. The van der Waals surface area contributed by atoms with Gasteiger partial charge < -0.3 is 0 Å². The first-order valence-electron chi connectivity index (χ1n) is 3.07. The van der Waals surface area contributed by atoms with E-state index in [0.29, 0.717) is 0 Å². The van der Waals surface area contributed by atoms with E-state index in [2.05, 4.69) is 48.5 Å². The molecule has 0 unspecified atom stereocenters. The van der Waals surface area contributed by atoms with Gasteiger partial charge in [-0.15, -0.1) is 12.6 Å². The van der Waals surface area contributed by atoms with Crippen molar-refractivity contribution in [3.63, 3.8) is 0 Å². The minimum atomic E-state index is 1.05. The lowest BCUT2D eigenvalue weighted by Gasteiger charge is -2.03. The largest absolute Gasteiger partial charge is 0.143 e. The number of hydrogen-bond acceptors (Lipinski definition) is 1. The zero-order valence-corrected chi connectivity index (χ0v) is 8.46. The number of thiol groups is 1. The van der Waals surface area contributed by atoms with E-state index in [-0.39, 0.29) is 0 Å². The first-order valence-corrected chi connectivity index (χ1v) is 4.31. The lowest BCUT2D eigenvalue weighted by Crippen LogP contribution is -1.82. The van der Waals surface area contributed by atoms with Crippen molar-refractivity contribution in [1.29, 1.82) is 0 Å². The van der Waals surface area contributed by atoms with E-state index < -0.39 is 0 Å². The van der Waals surface area contributed by atoms with E-state index in [0.717, 1.165) is 9.37 Å². The molecule has 0 spiro atoms. The van der Waals surface area contributed by atoms with Crippen LogP contribution in [-0.4, -0.2) is 0 Å². The summed E-state index contributed by atoms with van der Waals surface area (Å²) >= 11 is 7.71. The second-order valence-electron chi connectivity index (χ2n) is 2.37. The standard InChI is InChI=1S/C8H9BrS/c1-5-3-7(9)4-8(10)6(5)2/h3-4,10H,1-2H3. The number of benzene rings is 1. The maximum absolute atomic E-state index is 4.31. The Hall–Kier alpha value is 0.0500. The fraction of sp³-hybridized carbons (Fsp3) is 0.250. The second-order valence-corrected chi connectivity index (χ2v) is 3.76. The Morgan fingerprint density at radius 1 is 1.30 bits per heavy atom. The van der Waals surface area contributed by atoms with Gasteiger partial charge in [0.15, 0.2) is 0 Å². The molecule has 0 heterocycles. The fourth-order valence-electron chi connectivity index (χ4n) is 0.798. The van der Waals surface area contributed by atoms with Gasteiger partial charge in [0.1, 0.15) is 0 Å². The Balaban J connectivity index is 3.31. The topological polar surface area (TPSA) is 0 Å². The van der Waals surface area contributed by atoms with Crippen LogP contribution in [0.3, 0.4) is 0 Å². The van der Waals surface area contributed by atoms with Gasteiger partial charge in [0.05, 0.1) is 0 Å². The molecular weight excluding hydrogens is 208 g/mol. The Labute approximate surface area is 75.2 Å². The Bertz CT molecular complexity index is 232. The summed E-state index contributed by atoms with van der Waals surface area (Å²) in [4.78, 5) is 1.05. The third-order valence-corrected chi connectivity index (χ3v) is 2.53. The maximum Gasteiger partial charge on any atom is 0.0189 e. The molecule has 0 fully saturated rings. The molecule has 10 heavy (non-hydrogen) atoms. The Morgan fingerprint density at radius 3 is 2.40 bits per heavy atom. The van der Waals surface area contributed by atoms with Crippen molar-refractivity contribution in [3.05, 3.63) is 27.7 Å². The summed E-state index contributed by atoms with van der Waals surface area (Å²) in [6, 6.07) is 4.10. The first kappa shape index (κ1) is 8.15. The molecule has 1 aromatic carbocycles. The second kappa shape index (κ2) is 2.97. The Morgan fingerprint density at radius 2 is 1.90 bits per heavy atom. The third-order valence-electron chi connectivity index (χ3n) is 1.60. The van der Waals surface area contributed by atoms with Crippen LogP contribution >= 0.6 is 28.6 Å². The first-order chi connectivity index (χ1) is 4.61. The van der Waals surface area contributed by atoms with Crippen LogP contribution in [0.4, 0.5) is 0 Å². The molecule has 1 aromatic rings. The maximum atomic E-state index is 4.31. The van der Waals surface area contributed by atoms with Gasteiger partial charge in [-0.1, -0.05) is 15.9 Å². The van der Waals surface area contributed by atoms with Crippen molar-refractivity contribution in [3.8, 4) is 0 Å². The summed E-state index contributed by atoms with van der Waals surface area (Å²) in [5, 5.41) is 0. The molecule has 1 rings (SSSR count). The fourth-order valence-corrected chi connectivity index (χ4v) is 1.86. The summed E-state index contributed by atoms with van der Waals surface area (Å²) in [5.74, 6) is 0. The van der Waals surface area contributed by atoms with Crippen LogP contribution in [0.1, 0.15) is 11.1 Å². The molecule has 0 saturated heterocycles. The van der Waals surface area contributed by atoms with Crippen molar-refractivity contribution < 1.29 is 0 Å². The zero-order valence-electron chi connectivity index (χ0n) is 5.98. The van der Waals surface area contributed by atoms with Gasteiger partial charge in [0, 0.05) is 9.37 Å². The highest BCUT2D eigenvalue weighted by molar-refractivity contribution is 9.10. The van der Waals surface area contributed by atoms with E-state index in [1.807, 2.05) is 6.07 Å². The molecule has 0 radical (unpaired) electrons. The molecule has 0 nitrogen and oxygen atoms in total.